The van der Waals surface area contributed by atoms with Crippen LogP contribution >= 0.6 is 11.3 Å². The van der Waals surface area contributed by atoms with Gasteiger partial charge in [-0.3, -0.25) is 24.2 Å². The van der Waals surface area contributed by atoms with Crippen molar-refractivity contribution in [3.05, 3.63) is 48.0 Å². The molecule has 3 fully saturated rings. The van der Waals surface area contributed by atoms with Gasteiger partial charge in [0.05, 0.1) is 24.1 Å². The topological polar surface area (TPSA) is 113 Å². The zero-order valence-corrected chi connectivity index (χ0v) is 23.0. The number of hydrogen-bond acceptors (Lipinski definition) is 7. The molecule has 2 amide bonds. The third-order valence-corrected chi connectivity index (χ3v) is 8.64. The van der Waals surface area contributed by atoms with Crippen LogP contribution in [0, 0.1) is 5.92 Å². The normalized spacial score (nSPS) is 19.6. The van der Waals surface area contributed by atoms with Crippen molar-refractivity contribution < 1.29 is 24.2 Å². The summed E-state index contributed by atoms with van der Waals surface area (Å²) in [5.74, 6) is -1.03. The van der Waals surface area contributed by atoms with Crippen LogP contribution in [0.25, 0.3) is 22.4 Å². The molecule has 2 atom stereocenters. The van der Waals surface area contributed by atoms with Gasteiger partial charge in [0.25, 0.3) is 0 Å². The zero-order chi connectivity index (χ0) is 27.6. The molecule has 6 rings (SSSR count). The van der Waals surface area contributed by atoms with E-state index in [9.17, 15) is 19.5 Å². The Kier molecular flexibility index (Phi) is 7.62. The minimum absolute atomic E-state index is 0.0487. The lowest BCUT2D eigenvalue weighted by Gasteiger charge is -2.26. The van der Waals surface area contributed by atoms with E-state index < -0.39 is 11.9 Å². The molecule has 3 aliphatic rings. The number of anilines is 2. The molecular formula is C30H32N4O5S. The predicted octanol–water partition coefficient (Wildman–Crippen LogP) is 5.15. The lowest BCUT2D eigenvalue weighted by atomic mass is 9.95. The summed E-state index contributed by atoms with van der Waals surface area (Å²) < 4.78 is 5.73. The van der Waals surface area contributed by atoms with Crippen molar-refractivity contribution in [3.63, 3.8) is 0 Å². The van der Waals surface area contributed by atoms with Gasteiger partial charge in [-0.25, -0.2) is 9.97 Å². The molecule has 3 aromatic rings. The van der Waals surface area contributed by atoms with Gasteiger partial charge in [0, 0.05) is 48.3 Å². The van der Waals surface area contributed by atoms with Crippen LogP contribution in [0.2, 0.25) is 0 Å². The maximum Gasteiger partial charge on any atom is 0.304 e. The highest BCUT2D eigenvalue weighted by atomic mass is 32.1. The molecule has 4 heterocycles. The first-order valence-corrected chi connectivity index (χ1v) is 14.8. The van der Waals surface area contributed by atoms with Gasteiger partial charge < -0.3 is 9.84 Å². The lowest BCUT2D eigenvalue weighted by molar-refractivity contribution is -0.141. The Morgan fingerprint density at radius 3 is 2.60 bits per heavy atom. The van der Waals surface area contributed by atoms with E-state index in [0.29, 0.717) is 36.9 Å². The number of nitrogens with zero attached hydrogens (tertiary/aromatic N) is 4. The van der Waals surface area contributed by atoms with Crippen molar-refractivity contribution in [3.8, 4) is 22.4 Å². The third-order valence-electron chi connectivity index (χ3n) is 7.80. The molecule has 208 valence electrons. The first kappa shape index (κ1) is 26.6. The van der Waals surface area contributed by atoms with E-state index in [1.54, 1.807) is 16.0 Å². The van der Waals surface area contributed by atoms with Gasteiger partial charge in [0.1, 0.15) is 5.82 Å². The Morgan fingerprint density at radius 2 is 1.95 bits per heavy atom. The number of thiazole rings is 1. The molecule has 2 saturated heterocycles. The molecule has 9 nitrogen and oxygen atoms in total. The SMILES string of the molecule is O=C(O)CC(CC1CCCO1)C(=O)N(c1nc(-c2ccccc2-c2ccc(N3CCCC3=O)nc2)cs1)C1CC1. The number of carboxylic acid groups (broad SMARTS) is 1. The van der Waals surface area contributed by atoms with E-state index >= 15 is 0 Å². The minimum Gasteiger partial charge on any atom is -0.481 e. The average molecular weight is 561 g/mol. The Labute approximate surface area is 236 Å². The fourth-order valence-electron chi connectivity index (χ4n) is 5.64. The molecule has 1 N–H and O–H groups in total. The van der Waals surface area contributed by atoms with Crippen LogP contribution in [-0.4, -0.2) is 58.2 Å². The number of hydrogen-bond donors (Lipinski definition) is 1. The second-order valence-corrected chi connectivity index (χ2v) is 11.6. The van der Waals surface area contributed by atoms with E-state index in [-0.39, 0.29) is 30.4 Å². The summed E-state index contributed by atoms with van der Waals surface area (Å²) in [6.45, 7) is 1.36. The fraction of sp³-hybridized carbons (Fsp3) is 0.433. The molecule has 40 heavy (non-hydrogen) atoms. The molecule has 1 saturated carbocycles. The summed E-state index contributed by atoms with van der Waals surface area (Å²) in [4.78, 5) is 50.5. The van der Waals surface area contributed by atoms with Gasteiger partial charge in [-0.05, 0) is 56.2 Å². The van der Waals surface area contributed by atoms with Gasteiger partial charge in [0.2, 0.25) is 11.8 Å². The fourth-order valence-corrected chi connectivity index (χ4v) is 6.54. The highest BCUT2D eigenvalue weighted by molar-refractivity contribution is 7.14. The molecule has 10 heteroatoms. The van der Waals surface area contributed by atoms with E-state index in [1.165, 1.54) is 11.3 Å². The van der Waals surface area contributed by atoms with Crippen LogP contribution in [0.15, 0.2) is 48.0 Å². The maximum atomic E-state index is 13.8. The number of aliphatic carboxylic acids is 1. The number of carbonyl (C=O) groups is 3. The average Bonchev–Trinajstić information content (AvgIpc) is 3.30. The number of ether oxygens (including phenoxy) is 1. The molecule has 2 aliphatic heterocycles. The first-order valence-electron chi connectivity index (χ1n) is 14.0. The molecule has 2 unspecified atom stereocenters. The monoisotopic (exact) mass is 560 g/mol. The van der Waals surface area contributed by atoms with Crippen LogP contribution in [0.3, 0.4) is 0 Å². The van der Waals surface area contributed by atoms with Gasteiger partial charge >= 0.3 is 5.97 Å². The minimum atomic E-state index is -0.977. The molecule has 1 aromatic carbocycles. The molecule has 2 aromatic heterocycles. The largest absolute Gasteiger partial charge is 0.481 e. The van der Waals surface area contributed by atoms with Crippen LogP contribution in [-0.2, 0) is 19.1 Å². The Morgan fingerprint density at radius 1 is 1.12 bits per heavy atom. The molecule has 0 radical (unpaired) electrons. The van der Waals surface area contributed by atoms with Crippen molar-refractivity contribution in [1.29, 1.82) is 0 Å². The predicted molar refractivity (Wildman–Crippen MR) is 152 cm³/mol. The number of carboxylic acids is 1. The summed E-state index contributed by atoms with van der Waals surface area (Å²) in [7, 11) is 0. The number of aromatic nitrogens is 2. The van der Waals surface area contributed by atoms with Crippen molar-refractivity contribution >= 4 is 40.1 Å². The van der Waals surface area contributed by atoms with E-state index in [2.05, 4.69) is 4.98 Å². The first-order chi connectivity index (χ1) is 19.5. The quantitative estimate of drug-likeness (QED) is 0.365. The Hall–Kier alpha value is -3.63. The standard InChI is InChI=1S/C30H32N4O5S/c35-27-8-3-13-33(27)26-12-9-19(17-31-26)23-6-1-2-7-24(23)25-18-40-30(32-25)34(21-10-11-21)29(38)20(16-28(36)37)15-22-5-4-14-39-22/h1-2,6-7,9,12,17-18,20-22H,3-5,8,10-11,13-16H2,(H,36,37). The lowest BCUT2D eigenvalue weighted by Crippen LogP contribution is -2.40. The summed E-state index contributed by atoms with van der Waals surface area (Å²) in [6.07, 6.45) is 6.89. The van der Waals surface area contributed by atoms with Crippen molar-refractivity contribution in [2.45, 2.75) is 63.5 Å². The highest BCUT2D eigenvalue weighted by Gasteiger charge is 2.40. The number of benzene rings is 1. The molecule has 0 spiro atoms. The van der Waals surface area contributed by atoms with Crippen LogP contribution < -0.4 is 9.80 Å². The Bertz CT molecular complexity index is 1400. The van der Waals surface area contributed by atoms with Crippen molar-refractivity contribution in [2.24, 2.45) is 5.92 Å². The molecule has 0 bridgehead atoms. The summed E-state index contributed by atoms with van der Waals surface area (Å²) in [5.41, 5.74) is 3.54. The van der Waals surface area contributed by atoms with E-state index in [1.807, 2.05) is 41.8 Å². The van der Waals surface area contributed by atoms with Crippen LogP contribution in [0.1, 0.15) is 51.4 Å². The van der Waals surface area contributed by atoms with Gasteiger partial charge in [0.15, 0.2) is 5.13 Å². The van der Waals surface area contributed by atoms with Gasteiger partial charge in [-0.2, -0.15) is 0 Å². The summed E-state index contributed by atoms with van der Waals surface area (Å²) >= 11 is 1.41. The zero-order valence-electron chi connectivity index (χ0n) is 22.2. The van der Waals surface area contributed by atoms with Crippen LogP contribution in [0.5, 0.6) is 0 Å². The van der Waals surface area contributed by atoms with E-state index in [0.717, 1.165) is 54.5 Å². The number of amides is 2. The molecule has 1 aliphatic carbocycles. The van der Waals surface area contributed by atoms with Crippen molar-refractivity contribution in [2.75, 3.05) is 23.0 Å². The summed E-state index contributed by atoms with van der Waals surface area (Å²) in [5, 5.41) is 12.1. The number of pyridine rings is 1. The summed E-state index contributed by atoms with van der Waals surface area (Å²) in [6, 6.07) is 11.8. The third kappa shape index (κ3) is 5.64. The maximum absolute atomic E-state index is 13.8. The van der Waals surface area contributed by atoms with E-state index in [4.69, 9.17) is 9.72 Å². The Balaban J connectivity index is 1.26. The van der Waals surface area contributed by atoms with Crippen molar-refractivity contribution in [1.82, 2.24) is 9.97 Å². The van der Waals surface area contributed by atoms with Gasteiger partial charge in [-0.1, -0.05) is 24.3 Å². The van der Waals surface area contributed by atoms with Crippen LogP contribution in [0.4, 0.5) is 10.9 Å². The van der Waals surface area contributed by atoms with Gasteiger partial charge in [-0.15, -0.1) is 11.3 Å². The number of rotatable bonds is 10. The number of carbonyl (C=O) groups excluding carboxylic acids is 2. The smallest absolute Gasteiger partial charge is 0.304 e. The highest BCUT2D eigenvalue weighted by Crippen LogP contribution is 2.40. The second-order valence-electron chi connectivity index (χ2n) is 10.7. The second kappa shape index (κ2) is 11.5. The molecular weight excluding hydrogens is 528 g/mol.